The summed E-state index contributed by atoms with van der Waals surface area (Å²) in [6, 6.07) is 12.8. The molecule has 0 amide bonds. The summed E-state index contributed by atoms with van der Waals surface area (Å²) in [6.45, 7) is 0. The van der Waals surface area contributed by atoms with Gasteiger partial charge in [0.25, 0.3) is 0 Å². The van der Waals surface area contributed by atoms with Crippen LogP contribution in [0.2, 0.25) is 0 Å². The second-order valence-electron chi connectivity index (χ2n) is 5.35. The van der Waals surface area contributed by atoms with Gasteiger partial charge in [0.15, 0.2) is 12.2 Å². The van der Waals surface area contributed by atoms with Crippen LogP contribution in [0.5, 0.6) is 0 Å². The lowest BCUT2D eigenvalue weighted by Crippen LogP contribution is -1.83. The van der Waals surface area contributed by atoms with Crippen LogP contribution in [-0.4, -0.2) is 9.91 Å². The van der Waals surface area contributed by atoms with Crippen LogP contribution >= 0.6 is 0 Å². The molecule has 0 atom stereocenters. The molecule has 23 heavy (non-hydrogen) atoms. The SMILES string of the molecule is O=[N+]([O-])c1ccc(-c2cc3c4c(cccc4c2)-c2ocnc2-3)o1. The van der Waals surface area contributed by atoms with Crippen molar-refractivity contribution in [3.05, 3.63) is 59.0 Å². The quantitative estimate of drug-likeness (QED) is 0.350. The van der Waals surface area contributed by atoms with Crippen molar-refractivity contribution in [1.82, 2.24) is 4.98 Å². The minimum Gasteiger partial charge on any atom is -0.443 e. The molecular formula is C17H8N2O4. The van der Waals surface area contributed by atoms with Gasteiger partial charge in [0.05, 0.1) is 6.07 Å². The molecule has 0 aliphatic heterocycles. The van der Waals surface area contributed by atoms with Crippen molar-refractivity contribution < 1.29 is 13.8 Å². The van der Waals surface area contributed by atoms with Gasteiger partial charge in [-0.15, -0.1) is 0 Å². The summed E-state index contributed by atoms with van der Waals surface area (Å²) >= 11 is 0. The first kappa shape index (κ1) is 12.2. The Morgan fingerprint density at radius 1 is 1.09 bits per heavy atom. The van der Waals surface area contributed by atoms with E-state index in [1.165, 1.54) is 12.5 Å². The Kier molecular flexibility index (Phi) is 2.15. The van der Waals surface area contributed by atoms with E-state index in [0.717, 1.165) is 38.9 Å². The monoisotopic (exact) mass is 304 g/mol. The Morgan fingerprint density at radius 3 is 2.83 bits per heavy atom. The average molecular weight is 304 g/mol. The Hall–Kier alpha value is -3.41. The van der Waals surface area contributed by atoms with E-state index in [1.807, 2.05) is 30.3 Å². The number of aromatic nitrogens is 1. The number of nitrogens with zero attached hydrogens (tertiary/aromatic N) is 2. The van der Waals surface area contributed by atoms with E-state index < -0.39 is 4.92 Å². The van der Waals surface area contributed by atoms with Crippen molar-refractivity contribution in [2.75, 3.05) is 0 Å². The van der Waals surface area contributed by atoms with Crippen molar-refractivity contribution in [1.29, 1.82) is 0 Å². The number of hydrogen-bond donors (Lipinski definition) is 0. The van der Waals surface area contributed by atoms with E-state index in [-0.39, 0.29) is 5.88 Å². The van der Waals surface area contributed by atoms with Gasteiger partial charge >= 0.3 is 5.88 Å². The Labute approximate surface area is 129 Å². The zero-order valence-electron chi connectivity index (χ0n) is 11.6. The highest BCUT2D eigenvalue weighted by Crippen LogP contribution is 2.48. The summed E-state index contributed by atoms with van der Waals surface area (Å²) in [4.78, 5) is 14.6. The third kappa shape index (κ3) is 1.54. The average Bonchev–Trinajstić information content (AvgIpc) is 3.25. The Balaban J connectivity index is 1.80. The second kappa shape index (κ2) is 4.07. The maximum absolute atomic E-state index is 10.8. The molecule has 2 aromatic carbocycles. The molecule has 1 aliphatic carbocycles. The second-order valence-corrected chi connectivity index (χ2v) is 5.35. The lowest BCUT2D eigenvalue weighted by molar-refractivity contribution is -0.401. The Morgan fingerprint density at radius 2 is 2.00 bits per heavy atom. The highest BCUT2D eigenvalue weighted by atomic mass is 16.6. The number of hydrogen-bond acceptors (Lipinski definition) is 5. The zero-order valence-corrected chi connectivity index (χ0v) is 11.6. The van der Waals surface area contributed by atoms with Gasteiger partial charge < -0.3 is 8.83 Å². The highest BCUT2D eigenvalue weighted by Gasteiger charge is 2.26. The topological polar surface area (TPSA) is 82.3 Å². The predicted octanol–water partition coefficient (Wildman–Crippen LogP) is 4.64. The number of oxazole rings is 1. The van der Waals surface area contributed by atoms with Gasteiger partial charge in [-0.3, -0.25) is 10.1 Å². The van der Waals surface area contributed by atoms with Crippen LogP contribution in [0.25, 0.3) is 44.7 Å². The molecule has 2 heterocycles. The first-order valence-corrected chi connectivity index (χ1v) is 6.98. The van der Waals surface area contributed by atoms with Crippen LogP contribution in [0, 0.1) is 10.1 Å². The molecule has 0 radical (unpaired) electrons. The van der Waals surface area contributed by atoms with Crippen LogP contribution in [0.3, 0.4) is 0 Å². The summed E-state index contributed by atoms with van der Waals surface area (Å²) in [5.41, 5.74) is 3.53. The van der Waals surface area contributed by atoms with Crippen LogP contribution < -0.4 is 0 Å². The maximum atomic E-state index is 10.8. The van der Waals surface area contributed by atoms with Crippen molar-refractivity contribution in [2.45, 2.75) is 0 Å². The first-order chi connectivity index (χ1) is 11.2. The molecule has 110 valence electrons. The predicted molar refractivity (Wildman–Crippen MR) is 82.8 cm³/mol. The summed E-state index contributed by atoms with van der Waals surface area (Å²) < 4.78 is 10.8. The summed E-state index contributed by atoms with van der Waals surface area (Å²) in [5.74, 6) is 0.942. The van der Waals surface area contributed by atoms with Gasteiger partial charge in [0, 0.05) is 22.1 Å². The number of rotatable bonds is 2. The fourth-order valence-electron chi connectivity index (χ4n) is 3.16. The molecule has 0 saturated carbocycles. The third-order valence-corrected chi connectivity index (χ3v) is 4.10. The lowest BCUT2D eigenvalue weighted by Gasteiger charge is -2.05. The molecule has 0 saturated heterocycles. The first-order valence-electron chi connectivity index (χ1n) is 6.98. The number of fused-ring (bicyclic) bond motifs is 3. The molecular weight excluding hydrogens is 296 g/mol. The largest absolute Gasteiger partial charge is 0.443 e. The summed E-state index contributed by atoms with van der Waals surface area (Å²) in [7, 11) is 0. The molecule has 0 unspecified atom stereocenters. The normalized spacial score (nSPS) is 11.8. The minimum absolute atomic E-state index is 0.271. The molecule has 6 nitrogen and oxygen atoms in total. The minimum atomic E-state index is -0.544. The van der Waals surface area contributed by atoms with Gasteiger partial charge in [-0.2, -0.15) is 0 Å². The van der Waals surface area contributed by atoms with Crippen LogP contribution in [0.1, 0.15) is 0 Å². The molecule has 4 aromatic rings. The number of benzene rings is 2. The van der Waals surface area contributed by atoms with E-state index in [4.69, 9.17) is 8.83 Å². The Bertz CT molecular complexity index is 1110. The summed E-state index contributed by atoms with van der Waals surface area (Å²) in [5, 5.41) is 12.9. The van der Waals surface area contributed by atoms with Gasteiger partial charge in [-0.1, -0.05) is 18.2 Å². The molecule has 0 fully saturated rings. The fourth-order valence-corrected chi connectivity index (χ4v) is 3.16. The maximum Gasteiger partial charge on any atom is 0.433 e. The van der Waals surface area contributed by atoms with Crippen molar-refractivity contribution >= 4 is 16.7 Å². The zero-order chi connectivity index (χ0) is 15.6. The van der Waals surface area contributed by atoms with E-state index in [2.05, 4.69) is 4.98 Å². The lowest BCUT2D eigenvalue weighted by atomic mass is 10.00. The van der Waals surface area contributed by atoms with E-state index in [1.54, 1.807) is 6.07 Å². The van der Waals surface area contributed by atoms with Gasteiger partial charge in [0.1, 0.15) is 16.4 Å². The third-order valence-electron chi connectivity index (χ3n) is 4.10. The fraction of sp³-hybridized carbons (Fsp3) is 0. The molecule has 5 rings (SSSR count). The van der Waals surface area contributed by atoms with E-state index in [0.29, 0.717) is 5.76 Å². The van der Waals surface area contributed by atoms with Crippen LogP contribution in [0.4, 0.5) is 5.88 Å². The molecule has 0 bridgehead atoms. The van der Waals surface area contributed by atoms with Crippen molar-refractivity contribution in [3.8, 4) is 33.9 Å². The standard InChI is InChI=1S/C17H8N2O4/c20-19(21)14-5-4-13(23-14)10-6-9-2-1-3-11-15(9)12(7-10)16-17(11)22-8-18-16/h1-8H. The van der Waals surface area contributed by atoms with E-state index >= 15 is 0 Å². The van der Waals surface area contributed by atoms with Crippen LogP contribution in [-0.2, 0) is 0 Å². The molecule has 0 N–H and O–H groups in total. The summed E-state index contributed by atoms with van der Waals surface area (Å²) in [6.07, 6.45) is 1.43. The van der Waals surface area contributed by atoms with Gasteiger partial charge in [0.2, 0.25) is 0 Å². The molecule has 2 aromatic heterocycles. The number of nitro groups is 1. The number of furan rings is 1. The van der Waals surface area contributed by atoms with Gasteiger partial charge in [-0.25, -0.2) is 4.98 Å². The smallest absolute Gasteiger partial charge is 0.433 e. The van der Waals surface area contributed by atoms with Crippen molar-refractivity contribution in [3.63, 3.8) is 0 Å². The molecule has 1 aliphatic rings. The molecule has 6 heteroatoms. The molecule has 0 spiro atoms. The van der Waals surface area contributed by atoms with E-state index in [9.17, 15) is 10.1 Å². The van der Waals surface area contributed by atoms with Gasteiger partial charge in [-0.05, 0) is 23.6 Å². The van der Waals surface area contributed by atoms with Crippen LogP contribution in [0.15, 0.2) is 57.7 Å². The van der Waals surface area contributed by atoms with Crippen molar-refractivity contribution in [2.24, 2.45) is 0 Å². The highest BCUT2D eigenvalue weighted by molar-refractivity contribution is 6.14.